The van der Waals surface area contributed by atoms with Gasteiger partial charge in [0.2, 0.25) is 5.91 Å². The highest BCUT2D eigenvalue weighted by Gasteiger charge is 2.17. The molecule has 0 fully saturated rings. The van der Waals surface area contributed by atoms with Crippen LogP contribution in [-0.2, 0) is 11.3 Å². The third-order valence-corrected chi connectivity index (χ3v) is 3.81. The number of hydrogen-bond acceptors (Lipinski definition) is 4. The summed E-state index contributed by atoms with van der Waals surface area (Å²) in [5.74, 6) is -0.519. The maximum absolute atomic E-state index is 12.0. The van der Waals surface area contributed by atoms with E-state index in [9.17, 15) is 19.7 Å². The van der Waals surface area contributed by atoms with Gasteiger partial charge in [-0.3, -0.25) is 24.3 Å². The van der Waals surface area contributed by atoms with Crippen molar-refractivity contribution in [2.45, 2.75) is 13.5 Å². The number of hydrogen-bond donors (Lipinski definition) is 1. The molecule has 2 rings (SSSR count). The van der Waals surface area contributed by atoms with E-state index in [4.69, 9.17) is 23.2 Å². The van der Waals surface area contributed by atoms with Crippen LogP contribution in [0.1, 0.15) is 5.69 Å². The number of halogens is 2. The van der Waals surface area contributed by atoms with Crippen LogP contribution in [0, 0.1) is 17.0 Å². The monoisotopic (exact) mass is 355 g/mol. The Bertz CT molecular complexity index is 848. The first-order valence-corrected chi connectivity index (χ1v) is 7.15. The molecule has 0 unspecified atom stereocenters. The Hall–Kier alpha value is -2.38. The van der Waals surface area contributed by atoms with Crippen LogP contribution >= 0.6 is 23.2 Å². The highest BCUT2D eigenvalue weighted by atomic mass is 35.5. The van der Waals surface area contributed by atoms with Gasteiger partial charge in [0.15, 0.2) is 0 Å². The van der Waals surface area contributed by atoms with E-state index in [-0.39, 0.29) is 11.6 Å². The van der Waals surface area contributed by atoms with Crippen LogP contribution in [0.5, 0.6) is 0 Å². The van der Waals surface area contributed by atoms with Gasteiger partial charge < -0.3 is 5.32 Å². The van der Waals surface area contributed by atoms with Crippen molar-refractivity contribution in [1.82, 2.24) is 4.57 Å². The van der Waals surface area contributed by atoms with E-state index in [0.29, 0.717) is 16.4 Å². The number of anilines is 1. The molecule has 0 radical (unpaired) electrons. The fourth-order valence-electron chi connectivity index (χ4n) is 1.91. The summed E-state index contributed by atoms with van der Waals surface area (Å²) in [7, 11) is 0. The molecule has 1 aromatic carbocycles. The Labute approximate surface area is 140 Å². The first-order chi connectivity index (χ1) is 10.8. The molecule has 9 heteroatoms. The molecule has 0 atom stereocenters. The van der Waals surface area contributed by atoms with Gasteiger partial charge in [-0.15, -0.1) is 0 Å². The van der Waals surface area contributed by atoms with E-state index < -0.39 is 22.1 Å². The Balaban J connectivity index is 2.23. The van der Waals surface area contributed by atoms with E-state index in [0.717, 1.165) is 10.6 Å². The molecule has 1 amide bonds. The molecule has 7 nitrogen and oxygen atoms in total. The van der Waals surface area contributed by atoms with E-state index in [1.807, 2.05) is 0 Å². The van der Waals surface area contributed by atoms with Gasteiger partial charge in [-0.05, 0) is 31.2 Å². The maximum atomic E-state index is 12.0. The van der Waals surface area contributed by atoms with Crippen LogP contribution < -0.4 is 10.9 Å². The Kier molecular flexibility index (Phi) is 5.02. The van der Waals surface area contributed by atoms with Crippen molar-refractivity contribution >= 4 is 40.5 Å². The topological polar surface area (TPSA) is 94.2 Å². The van der Waals surface area contributed by atoms with Crippen molar-refractivity contribution in [2.75, 3.05) is 5.32 Å². The van der Waals surface area contributed by atoms with Gasteiger partial charge in [0, 0.05) is 17.4 Å². The Morgan fingerprint density at radius 3 is 2.57 bits per heavy atom. The largest absolute Gasteiger partial charge is 0.334 e. The molecule has 1 aromatic heterocycles. The predicted molar refractivity (Wildman–Crippen MR) is 87.2 cm³/mol. The second kappa shape index (κ2) is 6.80. The second-order valence-electron chi connectivity index (χ2n) is 4.69. The summed E-state index contributed by atoms with van der Waals surface area (Å²) >= 11 is 11.6. The summed E-state index contributed by atoms with van der Waals surface area (Å²) in [5, 5.41) is 14.0. The number of carbonyl (C=O) groups excluding carboxylic acids is 1. The minimum absolute atomic E-state index is 0.271. The Morgan fingerprint density at radius 1 is 1.26 bits per heavy atom. The van der Waals surface area contributed by atoms with E-state index in [2.05, 4.69) is 5.32 Å². The van der Waals surface area contributed by atoms with Gasteiger partial charge in [-0.25, -0.2) is 0 Å². The Morgan fingerprint density at radius 2 is 1.96 bits per heavy atom. The van der Waals surface area contributed by atoms with Gasteiger partial charge in [0.05, 0.1) is 15.0 Å². The highest BCUT2D eigenvalue weighted by molar-refractivity contribution is 6.42. The van der Waals surface area contributed by atoms with Crippen LogP contribution in [-0.4, -0.2) is 15.4 Å². The molecular formula is C14H11Cl2N3O4. The first kappa shape index (κ1) is 17.0. The molecule has 1 N–H and O–H groups in total. The molecule has 0 aliphatic carbocycles. The van der Waals surface area contributed by atoms with Crippen molar-refractivity contribution in [3.8, 4) is 0 Å². The molecular weight excluding hydrogens is 345 g/mol. The molecule has 0 saturated carbocycles. The number of benzene rings is 1. The zero-order valence-corrected chi connectivity index (χ0v) is 13.4. The third-order valence-electron chi connectivity index (χ3n) is 3.07. The van der Waals surface area contributed by atoms with Gasteiger partial charge in [-0.2, -0.15) is 0 Å². The number of carbonyl (C=O) groups is 1. The van der Waals surface area contributed by atoms with E-state index in [1.165, 1.54) is 18.2 Å². The fourth-order valence-corrected chi connectivity index (χ4v) is 2.21. The van der Waals surface area contributed by atoms with Crippen LogP contribution in [0.3, 0.4) is 0 Å². The number of pyridine rings is 1. The molecule has 0 aliphatic rings. The van der Waals surface area contributed by atoms with Crippen molar-refractivity contribution < 1.29 is 9.72 Å². The highest BCUT2D eigenvalue weighted by Crippen LogP contribution is 2.24. The maximum Gasteiger partial charge on any atom is 0.334 e. The summed E-state index contributed by atoms with van der Waals surface area (Å²) in [4.78, 5) is 34.1. The predicted octanol–water partition coefficient (Wildman–Crippen LogP) is 3.01. The van der Waals surface area contributed by atoms with Crippen LogP contribution in [0.25, 0.3) is 0 Å². The molecule has 0 saturated heterocycles. The number of nitrogens with zero attached hydrogens (tertiary/aromatic N) is 2. The molecule has 2 aromatic rings. The fraction of sp³-hybridized carbons (Fsp3) is 0.143. The number of amides is 1. The molecule has 0 bridgehead atoms. The quantitative estimate of drug-likeness (QED) is 0.673. The van der Waals surface area contributed by atoms with Crippen molar-refractivity contribution in [3.63, 3.8) is 0 Å². The molecule has 23 heavy (non-hydrogen) atoms. The molecule has 120 valence electrons. The van der Waals surface area contributed by atoms with Crippen LogP contribution in [0.4, 0.5) is 11.4 Å². The summed E-state index contributed by atoms with van der Waals surface area (Å²) in [6, 6.07) is 7.06. The number of aryl methyl sites for hydroxylation is 1. The van der Waals surface area contributed by atoms with E-state index >= 15 is 0 Å². The molecule has 1 heterocycles. The summed E-state index contributed by atoms with van der Waals surface area (Å²) in [6.07, 6.45) is 0. The smallest absolute Gasteiger partial charge is 0.324 e. The lowest BCUT2D eigenvalue weighted by molar-refractivity contribution is -0.386. The normalized spacial score (nSPS) is 10.4. The summed E-state index contributed by atoms with van der Waals surface area (Å²) < 4.78 is 1.03. The molecule has 0 spiro atoms. The number of rotatable bonds is 4. The number of nitrogens with one attached hydrogen (secondary N) is 1. The average molecular weight is 356 g/mol. The number of aromatic nitrogens is 1. The lowest BCUT2D eigenvalue weighted by atomic mass is 10.3. The molecule has 0 aliphatic heterocycles. The summed E-state index contributed by atoms with van der Waals surface area (Å²) in [6.45, 7) is 1.23. The van der Waals surface area contributed by atoms with Crippen LogP contribution in [0.15, 0.2) is 35.1 Å². The number of nitro groups is 1. The first-order valence-electron chi connectivity index (χ1n) is 6.39. The SMILES string of the molecule is Cc1ccc([N+](=O)[O-])c(=O)n1CC(=O)Nc1ccc(Cl)c(Cl)c1. The lowest BCUT2D eigenvalue weighted by Crippen LogP contribution is -2.30. The zero-order chi connectivity index (χ0) is 17.1. The third kappa shape index (κ3) is 3.88. The zero-order valence-electron chi connectivity index (χ0n) is 11.9. The minimum atomic E-state index is -0.834. The van der Waals surface area contributed by atoms with Gasteiger partial charge in [0.25, 0.3) is 0 Å². The van der Waals surface area contributed by atoms with Crippen molar-refractivity contribution in [3.05, 3.63) is 66.5 Å². The second-order valence-corrected chi connectivity index (χ2v) is 5.50. The van der Waals surface area contributed by atoms with E-state index in [1.54, 1.807) is 13.0 Å². The minimum Gasteiger partial charge on any atom is -0.324 e. The van der Waals surface area contributed by atoms with Crippen molar-refractivity contribution in [1.29, 1.82) is 0 Å². The van der Waals surface area contributed by atoms with Gasteiger partial charge >= 0.3 is 11.2 Å². The summed E-state index contributed by atoms with van der Waals surface area (Å²) in [5.41, 5.74) is -0.581. The van der Waals surface area contributed by atoms with Gasteiger partial charge in [0.1, 0.15) is 6.54 Å². The standard InChI is InChI=1S/C14H11Cl2N3O4/c1-8-2-5-12(19(22)23)14(21)18(8)7-13(20)17-9-3-4-10(15)11(16)6-9/h2-6H,7H2,1H3,(H,17,20). The lowest BCUT2D eigenvalue weighted by Gasteiger charge is -2.10. The van der Waals surface area contributed by atoms with Crippen LogP contribution in [0.2, 0.25) is 10.0 Å². The van der Waals surface area contributed by atoms with Crippen molar-refractivity contribution in [2.24, 2.45) is 0 Å². The average Bonchev–Trinajstić information content (AvgIpc) is 2.47. The van der Waals surface area contributed by atoms with Gasteiger partial charge in [-0.1, -0.05) is 23.2 Å².